The minimum atomic E-state index is -0.833. The number of hydrogen-bond donors (Lipinski definition) is 3. The maximum absolute atomic E-state index is 12.9. The number of nitrogens with one attached hydrogen (secondary N) is 1. The van der Waals surface area contributed by atoms with Crippen LogP contribution in [0.15, 0.2) is 45.9 Å². The largest absolute Gasteiger partial charge is 0.504 e. The minimum absolute atomic E-state index is 0.0318. The number of nitrogens with zero attached hydrogens (tertiary/aromatic N) is 3. The molecule has 3 aromatic rings. The first kappa shape index (κ1) is 31.3. The second kappa shape index (κ2) is 15.0. The van der Waals surface area contributed by atoms with Crippen LogP contribution in [-0.2, 0) is 14.3 Å². The van der Waals surface area contributed by atoms with Gasteiger partial charge < -0.3 is 34.2 Å². The van der Waals surface area contributed by atoms with Crippen molar-refractivity contribution in [2.75, 3.05) is 51.9 Å². The highest BCUT2D eigenvalue weighted by Gasteiger charge is 2.28. The van der Waals surface area contributed by atoms with E-state index in [4.69, 9.17) is 28.5 Å². The van der Waals surface area contributed by atoms with E-state index in [1.165, 1.54) is 20.0 Å². The summed E-state index contributed by atoms with van der Waals surface area (Å²) in [6.45, 7) is 7.06. The lowest BCUT2D eigenvalue weighted by Gasteiger charge is -2.16. The molecular weight excluding hydrogens is 556 g/mol. The molecule has 2 aliphatic rings. The number of furan rings is 1. The van der Waals surface area contributed by atoms with Crippen molar-refractivity contribution in [1.82, 2.24) is 9.88 Å². The molecule has 12 heteroatoms. The highest BCUT2D eigenvalue weighted by atomic mass is 16.6. The predicted molar refractivity (Wildman–Crippen MR) is 162 cm³/mol. The third kappa shape index (κ3) is 8.43. The van der Waals surface area contributed by atoms with Crippen LogP contribution in [0.25, 0.3) is 11.6 Å². The van der Waals surface area contributed by atoms with Crippen LogP contribution in [0.3, 0.4) is 0 Å². The lowest BCUT2D eigenvalue weighted by atomic mass is 10.1. The first-order valence-corrected chi connectivity index (χ1v) is 13.9. The van der Waals surface area contributed by atoms with E-state index >= 15 is 0 Å². The Morgan fingerprint density at radius 1 is 1.16 bits per heavy atom. The Hall–Kier alpha value is -4.68. The fourth-order valence-corrected chi connectivity index (χ4v) is 4.57. The Bertz CT molecular complexity index is 1490. The number of likely N-dealkylation sites (tertiary alicyclic amines) is 1. The highest BCUT2D eigenvalue weighted by Crippen LogP contribution is 2.40. The van der Waals surface area contributed by atoms with Crippen molar-refractivity contribution in [3.05, 3.63) is 59.0 Å². The number of ether oxygens (including phenoxy) is 3. The number of aromatic nitrogens is 1. The molecular formula is C31H36N4O8. The topological polar surface area (TPSA) is 156 Å². The number of carboxylic acid groups (broad SMARTS) is 1. The van der Waals surface area contributed by atoms with Crippen LogP contribution in [-0.4, -0.2) is 84.8 Å². The van der Waals surface area contributed by atoms with Gasteiger partial charge in [0.2, 0.25) is 5.88 Å². The summed E-state index contributed by atoms with van der Waals surface area (Å²) in [4.78, 5) is 32.9. The Labute approximate surface area is 249 Å². The maximum Gasteiger partial charge on any atom is 0.347 e. The van der Waals surface area contributed by atoms with Gasteiger partial charge in [-0.2, -0.15) is 0 Å². The molecule has 1 aromatic carbocycles. The monoisotopic (exact) mass is 592 g/mol. The van der Waals surface area contributed by atoms with Gasteiger partial charge in [0.15, 0.2) is 22.9 Å². The summed E-state index contributed by atoms with van der Waals surface area (Å²) >= 11 is 0. The number of rotatable bonds is 11. The molecule has 0 amide bonds. The summed E-state index contributed by atoms with van der Waals surface area (Å²) < 4.78 is 22.2. The van der Waals surface area contributed by atoms with E-state index in [1.54, 1.807) is 24.6 Å². The molecule has 1 saturated heterocycles. The molecule has 0 spiro atoms. The second-order valence-electron chi connectivity index (χ2n) is 9.90. The molecule has 228 valence electrons. The molecule has 5 rings (SSSR count). The smallest absolute Gasteiger partial charge is 0.347 e. The molecule has 0 aliphatic carbocycles. The third-order valence-corrected chi connectivity index (χ3v) is 6.67. The third-order valence-electron chi connectivity index (χ3n) is 6.67. The van der Waals surface area contributed by atoms with E-state index in [0.29, 0.717) is 23.7 Å². The molecule has 2 aliphatic heterocycles. The van der Waals surface area contributed by atoms with Gasteiger partial charge in [-0.1, -0.05) is 0 Å². The molecule has 0 radical (unpaired) electrons. The van der Waals surface area contributed by atoms with Gasteiger partial charge in [0, 0.05) is 49.8 Å². The molecule has 4 heterocycles. The van der Waals surface area contributed by atoms with Crippen LogP contribution in [0.4, 0.5) is 17.4 Å². The van der Waals surface area contributed by atoms with E-state index in [1.807, 2.05) is 31.2 Å². The Morgan fingerprint density at radius 2 is 1.93 bits per heavy atom. The highest BCUT2D eigenvalue weighted by molar-refractivity contribution is 6.21. The van der Waals surface area contributed by atoms with Gasteiger partial charge in [-0.25, -0.2) is 14.8 Å². The first-order valence-electron chi connectivity index (χ1n) is 13.9. The number of fused-ring (bicyclic) bond motifs is 1. The van der Waals surface area contributed by atoms with Crippen LogP contribution >= 0.6 is 0 Å². The number of carboxylic acids is 1. The van der Waals surface area contributed by atoms with Gasteiger partial charge in [-0.3, -0.25) is 9.69 Å². The van der Waals surface area contributed by atoms with Crippen molar-refractivity contribution in [2.24, 2.45) is 4.99 Å². The summed E-state index contributed by atoms with van der Waals surface area (Å²) in [6.07, 6.45) is 7.41. The number of hydrogen-bond acceptors (Lipinski definition) is 11. The van der Waals surface area contributed by atoms with Gasteiger partial charge in [0.05, 0.1) is 6.61 Å². The Balaban J connectivity index is 0.000000996. The SMILES string of the molecule is CC(=O)O.COCCOC(=O)c1c(Nc2ccc(OCCN3CCCC3)cc2C)oc(C=C2C=Nc3ncccc32)c1O. The van der Waals surface area contributed by atoms with Crippen molar-refractivity contribution < 1.29 is 38.4 Å². The average molecular weight is 593 g/mol. The molecule has 2 aromatic heterocycles. The van der Waals surface area contributed by atoms with Gasteiger partial charge in [0.25, 0.3) is 5.97 Å². The van der Waals surface area contributed by atoms with E-state index in [2.05, 4.69) is 20.2 Å². The fraction of sp³-hybridized carbons (Fsp3) is 0.355. The van der Waals surface area contributed by atoms with Gasteiger partial charge in [-0.15, -0.1) is 0 Å². The second-order valence-corrected chi connectivity index (χ2v) is 9.90. The number of carbonyl (C=O) groups excluding carboxylic acids is 1. The molecule has 0 saturated carbocycles. The lowest BCUT2D eigenvalue weighted by molar-refractivity contribution is -0.134. The van der Waals surface area contributed by atoms with Crippen LogP contribution < -0.4 is 10.1 Å². The van der Waals surface area contributed by atoms with Crippen molar-refractivity contribution >= 4 is 47.2 Å². The summed E-state index contributed by atoms with van der Waals surface area (Å²) in [5.41, 5.74) is 2.95. The summed E-state index contributed by atoms with van der Waals surface area (Å²) in [5, 5.41) is 21.6. The lowest BCUT2D eigenvalue weighted by Crippen LogP contribution is -2.25. The number of allylic oxidation sites excluding steroid dienone is 1. The molecule has 0 bridgehead atoms. The van der Waals surface area contributed by atoms with E-state index < -0.39 is 11.9 Å². The molecule has 12 nitrogen and oxygen atoms in total. The number of carbonyl (C=O) groups is 2. The number of aliphatic imine (C=N–C) groups is 1. The van der Waals surface area contributed by atoms with Crippen molar-refractivity contribution in [3.63, 3.8) is 0 Å². The zero-order valence-corrected chi connectivity index (χ0v) is 24.5. The summed E-state index contributed by atoms with van der Waals surface area (Å²) in [7, 11) is 1.51. The van der Waals surface area contributed by atoms with Crippen LogP contribution in [0, 0.1) is 6.92 Å². The van der Waals surface area contributed by atoms with Gasteiger partial charge in [0.1, 0.15) is 19.0 Å². The number of methoxy groups -OCH3 is 1. The Morgan fingerprint density at radius 3 is 2.65 bits per heavy atom. The number of benzene rings is 1. The number of pyridine rings is 1. The van der Waals surface area contributed by atoms with E-state index in [9.17, 15) is 9.90 Å². The van der Waals surface area contributed by atoms with Crippen LogP contribution in [0.1, 0.15) is 47.0 Å². The maximum atomic E-state index is 12.9. The molecule has 43 heavy (non-hydrogen) atoms. The number of aromatic hydroxyl groups is 1. The standard InChI is InChI=1S/C29H32N4O6.C2H4O2/c1-19-16-21(37-13-12-33-10-3-4-11-33)7-8-23(19)32-28-25(29(35)38-15-14-36-2)26(34)24(39-28)17-20-18-31-27-22(20)6-5-9-30-27;1-2(3)4/h5-9,16-18,32,34H,3-4,10-15H2,1-2H3;1H3,(H,3,4). The van der Waals surface area contributed by atoms with Crippen molar-refractivity contribution in [3.8, 4) is 11.5 Å². The molecule has 0 atom stereocenters. The first-order chi connectivity index (χ1) is 20.8. The van der Waals surface area contributed by atoms with E-state index in [-0.39, 0.29) is 36.2 Å². The Kier molecular flexibility index (Phi) is 10.9. The number of aliphatic carboxylic acids is 1. The average Bonchev–Trinajstić information content (AvgIpc) is 3.70. The summed E-state index contributed by atoms with van der Waals surface area (Å²) in [5.74, 6) is -0.412. The molecule has 1 fully saturated rings. The molecule has 3 N–H and O–H groups in total. The number of anilines is 2. The van der Waals surface area contributed by atoms with E-state index in [0.717, 1.165) is 43.4 Å². The quantitative estimate of drug-likeness (QED) is 0.202. The number of aryl methyl sites for hydroxylation is 1. The fourth-order valence-electron chi connectivity index (χ4n) is 4.57. The van der Waals surface area contributed by atoms with Gasteiger partial charge >= 0.3 is 5.97 Å². The zero-order valence-electron chi connectivity index (χ0n) is 24.5. The minimum Gasteiger partial charge on any atom is -0.504 e. The van der Waals surface area contributed by atoms with Crippen molar-refractivity contribution in [1.29, 1.82) is 0 Å². The predicted octanol–water partition coefficient (Wildman–Crippen LogP) is 5.06. The van der Waals surface area contributed by atoms with Crippen LogP contribution in [0.2, 0.25) is 0 Å². The summed E-state index contributed by atoms with van der Waals surface area (Å²) in [6, 6.07) is 9.31. The number of esters is 1. The zero-order chi connectivity index (χ0) is 30.8. The van der Waals surface area contributed by atoms with Crippen LogP contribution in [0.5, 0.6) is 11.5 Å². The van der Waals surface area contributed by atoms with Crippen molar-refractivity contribution in [2.45, 2.75) is 26.7 Å². The normalized spacial score (nSPS) is 14.7. The van der Waals surface area contributed by atoms with Gasteiger partial charge in [-0.05, 0) is 74.8 Å². The molecule has 0 unspecified atom stereocenters.